The molecule has 0 saturated carbocycles. The number of carbonyl (C=O) groups is 1. The Morgan fingerprint density at radius 3 is 2.58 bits per heavy atom. The molecule has 26 heavy (non-hydrogen) atoms. The van der Waals surface area contributed by atoms with Gasteiger partial charge in [0.2, 0.25) is 5.88 Å². The number of ether oxygens (including phenoxy) is 1. The van der Waals surface area contributed by atoms with E-state index in [1.54, 1.807) is 6.20 Å². The molecule has 0 radical (unpaired) electrons. The Balaban J connectivity index is 1.38. The van der Waals surface area contributed by atoms with Crippen LogP contribution in [0.4, 0.5) is 0 Å². The predicted octanol–water partition coefficient (Wildman–Crippen LogP) is 3.93. The van der Waals surface area contributed by atoms with Gasteiger partial charge in [0, 0.05) is 53.3 Å². The van der Waals surface area contributed by atoms with Gasteiger partial charge in [0.05, 0.1) is 6.54 Å². The molecule has 4 rings (SSSR count). The zero-order valence-electron chi connectivity index (χ0n) is 14.1. The monoisotopic (exact) mass is 411 g/mol. The zero-order valence-corrected chi connectivity index (χ0v) is 15.7. The van der Waals surface area contributed by atoms with E-state index in [-0.39, 0.29) is 12.0 Å². The van der Waals surface area contributed by atoms with Crippen molar-refractivity contribution in [2.75, 3.05) is 13.1 Å². The minimum atomic E-state index is -0.0215. The van der Waals surface area contributed by atoms with Crippen molar-refractivity contribution in [3.8, 4) is 11.6 Å². The zero-order chi connectivity index (χ0) is 17.9. The second-order valence-corrected chi connectivity index (χ2v) is 7.15. The summed E-state index contributed by atoms with van der Waals surface area (Å²) < 4.78 is 8.81. The molecule has 3 aromatic rings. The van der Waals surface area contributed by atoms with Crippen molar-refractivity contribution in [2.45, 2.75) is 12.5 Å². The van der Waals surface area contributed by atoms with Crippen LogP contribution in [0.15, 0.2) is 71.6 Å². The van der Waals surface area contributed by atoms with Gasteiger partial charge in [0.25, 0.3) is 5.91 Å². The van der Waals surface area contributed by atoms with Crippen molar-refractivity contribution >= 4 is 21.8 Å². The molecule has 5 nitrogen and oxygen atoms in total. The Kier molecular flexibility index (Phi) is 4.75. The van der Waals surface area contributed by atoms with Crippen molar-refractivity contribution in [1.82, 2.24) is 14.5 Å². The SMILES string of the molecule is O=C(c1ccc(-n2cccc2)cc1)N1CCC(Oc2ccc(Br)cn2)C1. The number of amides is 1. The Morgan fingerprint density at radius 1 is 1.12 bits per heavy atom. The molecule has 0 aliphatic carbocycles. The highest BCUT2D eigenvalue weighted by Crippen LogP contribution is 2.20. The number of aromatic nitrogens is 2. The van der Waals surface area contributed by atoms with E-state index < -0.39 is 0 Å². The molecule has 1 unspecified atom stereocenters. The van der Waals surface area contributed by atoms with Gasteiger partial charge in [-0.05, 0) is 58.4 Å². The van der Waals surface area contributed by atoms with Crippen molar-refractivity contribution in [3.63, 3.8) is 0 Å². The fourth-order valence-corrected chi connectivity index (χ4v) is 3.31. The Morgan fingerprint density at radius 2 is 1.88 bits per heavy atom. The largest absolute Gasteiger partial charge is 0.472 e. The summed E-state index contributed by atoms with van der Waals surface area (Å²) in [6, 6.07) is 15.4. The lowest BCUT2D eigenvalue weighted by Gasteiger charge is -2.17. The summed E-state index contributed by atoms with van der Waals surface area (Å²) in [5.74, 6) is 0.627. The molecule has 1 aliphatic heterocycles. The molecule has 132 valence electrons. The first-order chi connectivity index (χ1) is 12.7. The maximum atomic E-state index is 12.7. The van der Waals surface area contributed by atoms with E-state index in [1.807, 2.05) is 70.4 Å². The Bertz CT molecular complexity index is 876. The van der Waals surface area contributed by atoms with Crippen molar-refractivity contribution in [3.05, 3.63) is 77.2 Å². The molecular weight excluding hydrogens is 394 g/mol. The van der Waals surface area contributed by atoms with Gasteiger partial charge in [0.1, 0.15) is 6.10 Å². The maximum absolute atomic E-state index is 12.7. The van der Waals surface area contributed by atoms with E-state index >= 15 is 0 Å². The summed E-state index contributed by atoms with van der Waals surface area (Å²) in [6.45, 7) is 1.27. The van der Waals surface area contributed by atoms with Crippen LogP contribution in [0.3, 0.4) is 0 Å². The summed E-state index contributed by atoms with van der Waals surface area (Å²) in [5, 5.41) is 0. The number of halogens is 1. The van der Waals surface area contributed by atoms with Gasteiger partial charge in [-0.3, -0.25) is 4.79 Å². The number of benzene rings is 1. The molecule has 1 aromatic carbocycles. The van der Waals surface area contributed by atoms with Crippen molar-refractivity contribution < 1.29 is 9.53 Å². The highest BCUT2D eigenvalue weighted by molar-refractivity contribution is 9.10. The van der Waals surface area contributed by atoms with Crippen LogP contribution in [0.5, 0.6) is 5.88 Å². The Hall–Kier alpha value is -2.60. The molecule has 1 fully saturated rings. The molecule has 0 N–H and O–H groups in total. The maximum Gasteiger partial charge on any atom is 0.253 e. The number of hydrogen-bond acceptors (Lipinski definition) is 3. The lowest BCUT2D eigenvalue weighted by atomic mass is 10.2. The Labute approximate surface area is 160 Å². The number of pyridine rings is 1. The third-order valence-corrected chi connectivity index (χ3v) is 4.91. The van der Waals surface area contributed by atoms with E-state index in [0.29, 0.717) is 24.5 Å². The first-order valence-corrected chi connectivity index (χ1v) is 9.29. The standard InChI is InChI=1S/C20H18BrN3O2/c21-16-5-8-19(22-13-16)26-18-9-12-24(14-18)20(25)15-3-6-17(7-4-15)23-10-1-2-11-23/h1-8,10-11,13,18H,9,12,14H2. The van der Waals surface area contributed by atoms with E-state index in [4.69, 9.17) is 4.74 Å². The van der Waals surface area contributed by atoms with Gasteiger partial charge >= 0.3 is 0 Å². The molecule has 1 aliphatic rings. The number of nitrogens with zero attached hydrogens (tertiary/aromatic N) is 3. The molecule has 2 aromatic heterocycles. The fourth-order valence-electron chi connectivity index (χ4n) is 3.08. The molecule has 0 bridgehead atoms. The lowest BCUT2D eigenvalue weighted by molar-refractivity contribution is 0.0771. The smallest absolute Gasteiger partial charge is 0.253 e. The van der Waals surface area contributed by atoms with Gasteiger partial charge < -0.3 is 14.2 Å². The van der Waals surface area contributed by atoms with Crippen LogP contribution in [0.25, 0.3) is 5.69 Å². The summed E-state index contributed by atoms with van der Waals surface area (Å²) >= 11 is 3.36. The number of carbonyl (C=O) groups excluding carboxylic acids is 1. The van der Waals surface area contributed by atoms with Gasteiger partial charge in [-0.1, -0.05) is 0 Å². The average Bonchev–Trinajstić information content (AvgIpc) is 3.35. The highest BCUT2D eigenvalue weighted by Gasteiger charge is 2.28. The van der Waals surface area contributed by atoms with Crippen LogP contribution in [0.2, 0.25) is 0 Å². The molecular formula is C20H18BrN3O2. The fraction of sp³-hybridized carbons (Fsp3) is 0.200. The molecule has 1 amide bonds. The van der Waals surface area contributed by atoms with Crippen LogP contribution in [-0.2, 0) is 0 Å². The summed E-state index contributed by atoms with van der Waals surface area (Å²) in [4.78, 5) is 18.8. The topological polar surface area (TPSA) is 47.4 Å². The third kappa shape index (κ3) is 3.65. The number of rotatable bonds is 4. The second-order valence-electron chi connectivity index (χ2n) is 6.23. The second kappa shape index (κ2) is 7.33. The molecule has 0 spiro atoms. The summed E-state index contributed by atoms with van der Waals surface area (Å²) in [5.41, 5.74) is 1.74. The highest BCUT2D eigenvalue weighted by atomic mass is 79.9. The third-order valence-electron chi connectivity index (χ3n) is 4.44. The minimum absolute atomic E-state index is 0.0215. The normalized spacial score (nSPS) is 16.7. The van der Waals surface area contributed by atoms with Crippen molar-refractivity contribution in [2.24, 2.45) is 0 Å². The van der Waals surface area contributed by atoms with Crippen molar-refractivity contribution in [1.29, 1.82) is 0 Å². The lowest BCUT2D eigenvalue weighted by Crippen LogP contribution is -2.31. The van der Waals surface area contributed by atoms with Gasteiger partial charge in [-0.2, -0.15) is 0 Å². The van der Waals surface area contributed by atoms with E-state index in [0.717, 1.165) is 16.6 Å². The van der Waals surface area contributed by atoms with Crippen LogP contribution >= 0.6 is 15.9 Å². The predicted molar refractivity (Wildman–Crippen MR) is 103 cm³/mol. The average molecular weight is 412 g/mol. The molecule has 1 saturated heterocycles. The molecule has 6 heteroatoms. The number of likely N-dealkylation sites (tertiary alicyclic amines) is 1. The van der Waals surface area contributed by atoms with Crippen LogP contribution in [0.1, 0.15) is 16.8 Å². The van der Waals surface area contributed by atoms with Gasteiger partial charge in [0.15, 0.2) is 0 Å². The minimum Gasteiger partial charge on any atom is -0.472 e. The van der Waals surface area contributed by atoms with E-state index in [2.05, 4.69) is 20.9 Å². The molecule has 3 heterocycles. The number of hydrogen-bond donors (Lipinski definition) is 0. The van der Waals surface area contributed by atoms with Crippen LogP contribution < -0.4 is 4.74 Å². The first-order valence-electron chi connectivity index (χ1n) is 8.50. The molecule has 1 atom stereocenters. The quantitative estimate of drug-likeness (QED) is 0.653. The van der Waals surface area contributed by atoms with Gasteiger partial charge in [-0.15, -0.1) is 0 Å². The van der Waals surface area contributed by atoms with E-state index in [1.165, 1.54) is 0 Å². The van der Waals surface area contributed by atoms with Gasteiger partial charge in [-0.25, -0.2) is 4.98 Å². The summed E-state index contributed by atoms with van der Waals surface area (Å²) in [7, 11) is 0. The van der Waals surface area contributed by atoms with Crippen LogP contribution in [-0.4, -0.2) is 39.6 Å². The first kappa shape index (κ1) is 16.8. The van der Waals surface area contributed by atoms with Crippen LogP contribution in [0, 0.1) is 0 Å². The van der Waals surface area contributed by atoms with E-state index in [9.17, 15) is 4.79 Å². The summed E-state index contributed by atoms with van der Waals surface area (Å²) in [6.07, 6.45) is 6.46.